The number of rotatable bonds is 4. The van der Waals surface area contributed by atoms with E-state index in [2.05, 4.69) is 59.6 Å². The van der Waals surface area contributed by atoms with Crippen LogP contribution in [0.25, 0.3) is 0 Å². The summed E-state index contributed by atoms with van der Waals surface area (Å²) in [6, 6.07) is 6.80. The molecule has 1 aliphatic heterocycles. The molecular weight excluding hydrogens is 320 g/mol. The molecule has 136 valence electrons. The maximum absolute atomic E-state index is 4.90. The molecule has 2 saturated carbocycles. The lowest BCUT2D eigenvalue weighted by Gasteiger charge is -2.16. The van der Waals surface area contributed by atoms with Gasteiger partial charge in [-0.05, 0) is 43.4 Å². The quantitative estimate of drug-likeness (QED) is 0.791. The van der Waals surface area contributed by atoms with E-state index in [9.17, 15) is 0 Å². The van der Waals surface area contributed by atoms with E-state index >= 15 is 0 Å². The Kier molecular flexibility index (Phi) is 3.63. The summed E-state index contributed by atoms with van der Waals surface area (Å²) in [5, 5.41) is 0. The zero-order valence-electron chi connectivity index (χ0n) is 15.9. The third-order valence-electron chi connectivity index (χ3n) is 6.50. The fraction of sp³-hybridized carbons (Fsp3) is 0.500. The van der Waals surface area contributed by atoms with Crippen molar-refractivity contribution in [1.82, 2.24) is 9.55 Å². The Balaban J connectivity index is 1.46. The van der Waals surface area contributed by atoms with Crippen LogP contribution in [0, 0.1) is 0 Å². The van der Waals surface area contributed by atoms with Gasteiger partial charge in [0.25, 0.3) is 0 Å². The van der Waals surface area contributed by atoms with Gasteiger partial charge in [0.15, 0.2) is 0 Å². The SMILES string of the molecule is C=C1N(C)c2ccc(Cn3cnc(C4CCCC4)c3C3CC3)cc2N1C. The molecule has 0 amide bonds. The van der Waals surface area contributed by atoms with Crippen molar-refractivity contribution in [3.05, 3.63) is 53.9 Å². The highest BCUT2D eigenvalue weighted by atomic mass is 15.4. The molecule has 0 N–H and O–H groups in total. The lowest BCUT2D eigenvalue weighted by molar-refractivity contribution is 0.674. The second kappa shape index (κ2) is 5.90. The molecule has 0 bridgehead atoms. The predicted molar refractivity (Wildman–Crippen MR) is 107 cm³/mol. The Hall–Kier alpha value is -2.23. The highest BCUT2D eigenvalue weighted by Gasteiger charge is 2.34. The summed E-state index contributed by atoms with van der Waals surface area (Å²) in [5.41, 5.74) is 6.78. The number of hydrogen-bond acceptors (Lipinski definition) is 3. The zero-order chi connectivity index (χ0) is 17.8. The van der Waals surface area contributed by atoms with Crippen molar-refractivity contribution in [3.63, 3.8) is 0 Å². The predicted octanol–water partition coefficient (Wildman–Crippen LogP) is 4.82. The molecule has 1 aromatic carbocycles. The minimum absolute atomic E-state index is 0.704. The van der Waals surface area contributed by atoms with Crippen molar-refractivity contribution < 1.29 is 0 Å². The van der Waals surface area contributed by atoms with Crippen molar-refractivity contribution in [2.24, 2.45) is 0 Å². The van der Waals surface area contributed by atoms with Gasteiger partial charge in [-0.25, -0.2) is 4.98 Å². The number of hydrogen-bond donors (Lipinski definition) is 0. The van der Waals surface area contributed by atoms with Crippen molar-refractivity contribution in [3.8, 4) is 0 Å². The van der Waals surface area contributed by atoms with Crippen LogP contribution in [0.3, 0.4) is 0 Å². The maximum Gasteiger partial charge on any atom is 0.105 e. The van der Waals surface area contributed by atoms with Crippen molar-refractivity contribution >= 4 is 11.4 Å². The van der Waals surface area contributed by atoms with E-state index in [4.69, 9.17) is 4.98 Å². The number of anilines is 2. The van der Waals surface area contributed by atoms with Crippen LogP contribution in [-0.4, -0.2) is 23.6 Å². The average molecular weight is 348 g/mol. The molecule has 2 fully saturated rings. The van der Waals surface area contributed by atoms with Gasteiger partial charge in [-0.2, -0.15) is 0 Å². The Morgan fingerprint density at radius 1 is 1.00 bits per heavy atom. The van der Waals surface area contributed by atoms with Gasteiger partial charge < -0.3 is 14.4 Å². The Bertz CT molecular complexity index is 855. The normalized spacial score (nSPS) is 20.3. The molecule has 4 heteroatoms. The molecule has 0 saturated heterocycles. The molecule has 26 heavy (non-hydrogen) atoms. The summed E-state index contributed by atoms with van der Waals surface area (Å²) in [6.45, 7) is 5.09. The summed E-state index contributed by atoms with van der Waals surface area (Å²) in [5.74, 6) is 2.48. The van der Waals surface area contributed by atoms with Gasteiger partial charge in [-0.1, -0.05) is 25.5 Å². The molecule has 0 radical (unpaired) electrons. The average Bonchev–Trinajstić information content (AvgIpc) is 3.10. The van der Waals surface area contributed by atoms with Crippen LogP contribution in [0.5, 0.6) is 0 Å². The third-order valence-corrected chi connectivity index (χ3v) is 6.50. The minimum atomic E-state index is 0.704. The minimum Gasteiger partial charge on any atom is -0.330 e. The van der Waals surface area contributed by atoms with Gasteiger partial charge in [-0.15, -0.1) is 0 Å². The second-order valence-corrected chi connectivity index (χ2v) is 8.26. The number of fused-ring (bicyclic) bond motifs is 1. The van der Waals surface area contributed by atoms with Crippen LogP contribution in [-0.2, 0) is 6.54 Å². The topological polar surface area (TPSA) is 24.3 Å². The first-order chi connectivity index (χ1) is 12.6. The fourth-order valence-electron chi connectivity index (χ4n) is 4.77. The summed E-state index contributed by atoms with van der Waals surface area (Å²) < 4.78 is 2.43. The molecule has 5 rings (SSSR count). The van der Waals surface area contributed by atoms with Crippen LogP contribution >= 0.6 is 0 Å². The molecule has 1 aromatic heterocycles. The van der Waals surface area contributed by atoms with E-state index in [0.717, 1.165) is 18.3 Å². The molecule has 2 heterocycles. The molecule has 0 unspecified atom stereocenters. The summed E-state index contributed by atoms with van der Waals surface area (Å²) in [7, 11) is 4.18. The van der Waals surface area contributed by atoms with Gasteiger partial charge in [0.05, 0.1) is 23.4 Å². The first kappa shape index (κ1) is 16.0. The third kappa shape index (κ3) is 2.46. The van der Waals surface area contributed by atoms with E-state index < -0.39 is 0 Å². The Morgan fingerprint density at radius 2 is 1.73 bits per heavy atom. The smallest absolute Gasteiger partial charge is 0.105 e. The molecule has 0 spiro atoms. The van der Waals surface area contributed by atoms with Crippen LogP contribution in [0.2, 0.25) is 0 Å². The number of nitrogens with zero attached hydrogens (tertiary/aromatic N) is 4. The van der Waals surface area contributed by atoms with Gasteiger partial charge >= 0.3 is 0 Å². The maximum atomic E-state index is 4.90. The van der Waals surface area contributed by atoms with Gasteiger partial charge in [-0.3, -0.25) is 0 Å². The number of imidazole rings is 1. The largest absolute Gasteiger partial charge is 0.330 e. The van der Waals surface area contributed by atoms with E-state index in [0.29, 0.717) is 5.92 Å². The highest BCUT2D eigenvalue weighted by molar-refractivity contribution is 5.82. The van der Waals surface area contributed by atoms with E-state index in [1.165, 1.54) is 66.9 Å². The first-order valence-electron chi connectivity index (χ1n) is 9.97. The molecule has 4 nitrogen and oxygen atoms in total. The van der Waals surface area contributed by atoms with Crippen LogP contribution < -0.4 is 9.80 Å². The second-order valence-electron chi connectivity index (χ2n) is 8.26. The number of benzene rings is 1. The molecule has 3 aliphatic rings. The van der Waals surface area contributed by atoms with Gasteiger partial charge in [0, 0.05) is 38.2 Å². The van der Waals surface area contributed by atoms with Crippen molar-refractivity contribution in [2.45, 2.75) is 56.9 Å². The molecular formula is C22H28N4. The van der Waals surface area contributed by atoms with Crippen LogP contribution in [0.1, 0.15) is 67.3 Å². The summed E-state index contributed by atoms with van der Waals surface area (Å²) in [6.07, 6.45) is 10.2. The highest BCUT2D eigenvalue weighted by Crippen LogP contribution is 2.46. The number of aromatic nitrogens is 2. The van der Waals surface area contributed by atoms with Crippen LogP contribution in [0.15, 0.2) is 36.9 Å². The summed E-state index contributed by atoms with van der Waals surface area (Å²) >= 11 is 0. The van der Waals surface area contributed by atoms with E-state index in [-0.39, 0.29) is 0 Å². The molecule has 2 aliphatic carbocycles. The fourth-order valence-corrected chi connectivity index (χ4v) is 4.77. The first-order valence-corrected chi connectivity index (χ1v) is 9.97. The molecule has 0 atom stereocenters. The molecule has 2 aromatic rings. The Labute approximate surface area is 156 Å². The lowest BCUT2D eigenvalue weighted by Crippen LogP contribution is -2.20. The van der Waals surface area contributed by atoms with Crippen molar-refractivity contribution in [2.75, 3.05) is 23.9 Å². The zero-order valence-corrected chi connectivity index (χ0v) is 15.9. The monoisotopic (exact) mass is 348 g/mol. The van der Waals surface area contributed by atoms with Gasteiger partial charge in [0.2, 0.25) is 0 Å². The van der Waals surface area contributed by atoms with E-state index in [1.54, 1.807) is 0 Å². The Morgan fingerprint density at radius 3 is 2.46 bits per heavy atom. The van der Waals surface area contributed by atoms with Crippen LogP contribution in [0.4, 0.5) is 11.4 Å². The lowest BCUT2D eigenvalue weighted by atomic mass is 10.00. The van der Waals surface area contributed by atoms with Gasteiger partial charge in [0.1, 0.15) is 5.82 Å². The van der Waals surface area contributed by atoms with E-state index in [1.807, 2.05) is 0 Å². The standard InChI is InChI=1S/C22H28N4/c1-15-24(2)19-11-8-16(12-20(19)25(15)3)13-26-14-23-21(17-6-4-5-7-17)22(26)18-9-10-18/h8,11-12,14,17-18H,1,4-7,9-10,13H2,2-3H3. The van der Waals surface area contributed by atoms with Crippen molar-refractivity contribution in [1.29, 1.82) is 0 Å². The summed E-state index contributed by atoms with van der Waals surface area (Å²) in [4.78, 5) is 9.23.